The number of ether oxygens (including phenoxy) is 2. The Kier molecular flexibility index (Phi) is 13.1. The number of hydrogen-bond donors (Lipinski definition) is 2. The SMILES string of the molecule is CC(C)(C)OCC(=O)N(CCCN)CCCCN(CCCN)C(=O)OC(C)(C)C. The number of rotatable bonds is 13. The molecule has 172 valence electrons. The summed E-state index contributed by atoms with van der Waals surface area (Å²) in [7, 11) is 0. The zero-order valence-electron chi connectivity index (χ0n) is 19.5. The molecule has 0 atom stereocenters. The predicted octanol–water partition coefficient (Wildman–Crippen LogP) is 2.35. The lowest BCUT2D eigenvalue weighted by molar-refractivity contribution is -0.141. The number of nitrogens with two attached hydrogens (primary N) is 2. The second kappa shape index (κ2) is 13.8. The predicted molar refractivity (Wildman–Crippen MR) is 117 cm³/mol. The molecule has 2 amide bonds. The van der Waals surface area contributed by atoms with Crippen molar-refractivity contribution in [3.8, 4) is 0 Å². The molecule has 0 aliphatic heterocycles. The summed E-state index contributed by atoms with van der Waals surface area (Å²) in [5.74, 6) is -0.0273. The van der Waals surface area contributed by atoms with Crippen LogP contribution in [0.2, 0.25) is 0 Å². The quantitative estimate of drug-likeness (QED) is 0.446. The Balaban J connectivity index is 4.61. The normalized spacial score (nSPS) is 12.0. The third-order valence-corrected chi connectivity index (χ3v) is 4.00. The number of carbonyl (C=O) groups is 2. The van der Waals surface area contributed by atoms with Crippen molar-refractivity contribution < 1.29 is 19.1 Å². The molecule has 0 heterocycles. The lowest BCUT2D eigenvalue weighted by Crippen LogP contribution is -2.40. The summed E-state index contributed by atoms with van der Waals surface area (Å²) >= 11 is 0. The van der Waals surface area contributed by atoms with Gasteiger partial charge in [-0.1, -0.05) is 0 Å². The van der Waals surface area contributed by atoms with Crippen molar-refractivity contribution in [3.05, 3.63) is 0 Å². The number of amides is 2. The van der Waals surface area contributed by atoms with Gasteiger partial charge in [0.1, 0.15) is 12.2 Å². The van der Waals surface area contributed by atoms with Crippen molar-refractivity contribution in [3.63, 3.8) is 0 Å². The maximum atomic E-state index is 12.5. The van der Waals surface area contributed by atoms with Gasteiger partial charge in [-0.25, -0.2) is 4.79 Å². The van der Waals surface area contributed by atoms with Gasteiger partial charge in [0.05, 0.1) is 5.60 Å². The molecule has 0 aromatic rings. The number of hydrogen-bond acceptors (Lipinski definition) is 6. The van der Waals surface area contributed by atoms with Crippen molar-refractivity contribution in [1.82, 2.24) is 9.80 Å². The Morgan fingerprint density at radius 3 is 1.62 bits per heavy atom. The molecule has 0 aromatic heterocycles. The summed E-state index contributed by atoms with van der Waals surface area (Å²) in [6, 6.07) is 0. The van der Waals surface area contributed by atoms with Gasteiger partial charge >= 0.3 is 6.09 Å². The zero-order chi connectivity index (χ0) is 22.5. The summed E-state index contributed by atoms with van der Waals surface area (Å²) < 4.78 is 11.1. The summed E-state index contributed by atoms with van der Waals surface area (Å²) in [6.45, 7) is 14.8. The summed E-state index contributed by atoms with van der Waals surface area (Å²) in [6.07, 6.45) is 2.72. The molecular formula is C21H44N4O4. The molecule has 8 heteroatoms. The van der Waals surface area contributed by atoms with Crippen molar-refractivity contribution in [2.75, 3.05) is 45.9 Å². The van der Waals surface area contributed by atoms with Crippen LogP contribution in [0, 0.1) is 0 Å². The maximum Gasteiger partial charge on any atom is 0.410 e. The molecule has 0 aliphatic rings. The molecule has 0 fully saturated rings. The lowest BCUT2D eigenvalue weighted by Gasteiger charge is -2.28. The van der Waals surface area contributed by atoms with Gasteiger partial charge < -0.3 is 30.7 Å². The molecule has 0 rings (SSSR count). The van der Waals surface area contributed by atoms with Gasteiger partial charge in [0, 0.05) is 26.2 Å². The fourth-order valence-corrected chi connectivity index (χ4v) is 2.52. The molecule has 0 aromatic carbocycles. The minimum atomic E-state index is -0.531. The van der Waals surface area contributed by atoms with Gasteiger partial charge in [0.2, 0.25) is 5.91 Å². The first kappa shape index (κ1) is 27.6. The molecular weight excluding hydrogens is 372 g/mol. The van der Waals surface area contributed by atoms with Crippen molar-refractivity contribution >= 4 is 12.0 Å². The van der Waals surface area contributed by atoms with E-state index in [0.29, 0.717) is 39.3 Å². The fourth-order valence-electron chi connectivity index (χ4n) is 2.52. The fraction of sp³-hybridized carbons (Fsp3) is 0.905. The largest absolute Gasteiger partial charge is 0.444 e. The van der Waals surface area contributed by atoms with Crippen LogP contribution in [0.25, 0.3) is 0 Å². The second-order valence-electron chi connectivity index (χ2n) is 9.24. The van der Waals surface area contributed by atoms with Crippen LogP contribution in [0.5, 0.6) is 0 Å². The molecule has 0 unspecified atom stereocenters. The van der Waals surface area contributed by atoms with E-state index in [1.807, 2.05) is 41.5 Å². The highest BCUT2D eigenvalue weighted by Gasteiger charge is 2.22. The highest BCUT2D eigenvalue weighted by Crippen LogP contribution is 2.12. The van der Waals surface area contributed by atoms with Crippen LogP contribution in [0.1, 0.15) is 67.2 Å². The Labute approximate surface area is 177 Å². The van der Waals surface area contributed by atoms with E-state index in [-0.39, 0.29) is 24.2 Å². The first-order valence-corrected chi connectivity index (χ1v) is 10.7. The van der Waals surface area contributed by atoms with E-state index in [1.165, 1.54) is 0 Å². The minimum Gasteiger partial charge on any atom is -0.444 e. The van der Waals surface area contributed by atoms with Crippen LogP contribution < -0.4 is 11.5 Å². The van der Waals surface area contributed by atoms with Gasteiger partial charge in [-0.15, -0.1) is 0 Å². The van der Waals surface area contributed by atoms with Gasteiger partial charge in [-0.3, -0.25) is 4.79 Å². The van der Waals surface area contributed by atoms with Crippen LogP contribution in [0.15, 0.2) is 0 Å². The molecule has 0 aliphatic carbocycles. The molecule has 0 saturated heterocycles. The Hall–Kier alpha value is -1.38. The van der Waals surface area contributed by atoms with Gasteiger partial charge in [-0.2, -0.15) is 0 Å². The standard InChI is InChI=1S/C21H44N4O4/c1-20(2,3)28-17-18(26)24(15-9-11-22)13-7-8-14-25(16-10-12-23)19(27)29-21(4,5)6/h7-17,22-23H2,1-6H3. The molecule has 29 heavy (non-hydrogen) atoms. The zero-order valence-corrected chi connectivity index (χ0v) is 19.5. The van der Waals surface area contributed by atoms with E-state index in [1.54, 1.807) is 9.80 Å². The van der Waals surface area contributed by atoms with Crippen LogP contribution in [0.4, 0.5) is 4.79 Å². The maximum absolute atomic E-state index is 12.5. The van der Waals surface area contributed by atoms with Crippen LogP contribution >= 0.6 is 0 Å². The highest BCUT2D eigenvalue weighted by atomic mass is 16.6. The van der Waals surface area contributed by atoms with Crippen LogP contribution in [0.3, 0.4) is 0 Å². The first-order chi connectivity index (χ1) is 13.4. The Bertz CT molecular complexity index is 472. The van der Waals surface area contributed by atoms with E-state index >= 15 is 0 Å². The van der Waals surface area contributed by atoms with Crippen LogP contribution in [-0.4, -0.2) is 78.9 Å². The van der Waals surface area contributed by atoms with Crippen molar-refractivity contribution in [1.29, 1.82) is 0 Å². The average Bonchev–Trinajstić information content (AvgIpc) is 2.59. The van der Waals surface area contributed by atoms with Crippen LogP contribution in [-0.2, 0) is 14.3 Å². The smallest absolute Gasteiger partial charge is 0.410 e. The second-order valence-corrected chi connectivity index (χ2v) is 9.24. The molecule has 0 saturated carbocycles. The van der Waals surface area contributed by atoms with E-state index < -0.39 is 5.60 Å². The first-order valence-electron chi connectivity index (χ1n) is 10.7. The third-order valence-electron chi connectivity index (χ3n) is 4.00. The summed E-state index contributed by atoms with van der Waals surface area (Å²) in [5.41, 5.74) is 10.3. The van der Waals surface area contributed by atoms with E-state index in [0.717, 1.165) is 25.7 Å². The van der Waals surface area contributed by atoms with E-state index in [4.69, 9.17) is 20.9 Å². The van der Waals surface area contributed by atoms with Gasteiger partial charge in [0.25, 0.3) is 0 Å². The van der Waals surface area contributed by atoms with Gasteiger partial charge in [0.15, 0.2) is 0 Å². The Morgan fingerprint density at radius 2 is 1.17 bits per heavy atom. The topological polar surface area (TPSA) is 111 Å². The number of nitrogens with zero attached hydrogens (tertiary/aromatic N) is 2. The monoisotopic (exact) mass is 416 g/mol. The minimum absolute atomic E-state index is 0.0273. The lowest BCUT2D eigenvalue weighted by atomic mass is 10.2. The third kappa shape index (κ3) is 15.2. The highest BCUT2D eigenvalue weighted by molar-refractivity contribution is 5.77. The molecule has 0 radical (unpaired) electrons. The molecule has 0 bridgehead atoms. The average molecular weight is 417 g/mol. The number of carbonyl (C=O) groups excluding carboxylic acids is 2. The molecule has 8 nitrogen and oxygen atoms in total. The molecule has 4 N–H and O–H groups in total. The van der Waals surface area contributed by atoms with E-state index in [9.17, 15) is 9.59 Å². The van der Waals surface area contributed by atoms with Gasteiger partial charge in [-0.05, 0) is 80.3 Å². The summed E-state index contributed by atoms with van der Waals surface area (Å²) in [5, 5.41) is 0. The summed E-state index contributed by atoms with van der Waals surface area (Å²) in [4.78, 5) is 28.4. The molecule has 0 spiro atoms. The van der Waals surface area contributed by atoms with Crippen molar-refractivity contribution in [2.24, 2.45) is 11.5 Å². The van der Waals surface area contributed by atoms with E-state index in [2.05, 4.69) is 0 Å². The Morgan fingerprint density at radius 1 is 0.724 bits per heavy atom. The van der Waals surface area contributed by atoms with Crippen molar-refractivity contribution in [2.45, 2.75) is 78.4 Å². The number of unbranched alkanes of at least 4 members (excludes halogenated alkanes) is 1.